The van der Waals surface area contributed by atoms with Crippen molar-refractivity contribution in [3.05, 3.63) is 67.0 Å². The van der Waals surface area contributed by atoms with Crippen LogP contribution in [0.15, 0.2) is 67.0 Å². The fraction of sp³-hybridized carbons (Fsp3) is 0. The molecule has 0 amide bonds. The summed E-state index contributed by atoms with van der Waals surface area (Å²) >= 11 is 0. The lowest BCUT2D eigenvalue weighted by molar-refractivity contribution is -2.00. The van der Waals surface area contributed by atoms with E-state index in [0.717, 1.165) is 22.7 Å². The normalized spacial score (nSPS) is 11.3. The first kappa shape index (κ1) is 16.2. The van der Waals surface area contributed by atoms with Gasteiger partial charge in [0.1, 0.15) is 5.69 Å². The minimum absolute atomic E-state index is 0.817. The molecule has 1 aromatic carbocycles. The molecule has 9 heteroatoms. The molecule has 0 N–H and O–H groups in total. The van der Waals surface area contributed by atoms with E-state index in [1.165, 1.54) is 0 Å². The summed E-state index contributed by atoms with van der Waals surface area (Å²) in [6, 6.07) is 18.1. The average Bonchev–Trinajstić information content (AvgIpc) is 2.93. The number of hydrogen-bond donors (Lipinski definition) is 0. The van der Waals surface area contributed by atoms with Gasteiger partial charge in [0, 0.05) is 22.8 Å². The van der Waals surface area contributed by atoms with Crippen LogP contribution in [0.4, 0.5) is 0 Å². The highest BCUT2D eigenvalue weighted by molar-refractivity contribution is 5.60. The molecule has 0 spiro atoms. The third kappa shape index (κ3) is 3.65. The zero-order valence-electron chi connectivity index (χ0n) is 12.2. The van der Waals surface area contributed by atoms with E-state index in [0.29, 0.717) is 0 Å². The molecule has 0 fully saturated rings. The lowest BCUT2D eigenvalue weighted by atomic mass is 10.1. The number of nitrogens with zero attached hydrogens (tertiary/aromatic N) is 4. The van der Waals surface area contributed by atoms with Gasteiger partial charge in [0.25, 0.3) is 5.65 Å². The molecule has 24 heavy (non-hydrogen) atoms. The maximum Gasteiger partial charge on any atom is 0.392 e. The highest BCUT2D eigenvalue weighted by Crippen LogP contribution is 2.17. The van der Waals surface area contributed by atoms with Gasteiger partial charge in [0.15, 0.2) is 0 Å². The number of halogens is 1. The van der Waals surface area contributed by atoms with Crippen LogP contribution in [0.25, 0.3) is 22.7 Å². The highest BCUT2D eigenvalue weighted by atomic mass is 35.7. The highest BCUT2D eigenvalue weighted by Gasteiger charge is 2.17. The third-order valence-electron chi connectivity index (χ3n) is 3.17. The van der Waals surface area contributed by atoms with E-state index in [2.05, 4.69) is 22.2 Å². The van der Waals surface area contributed by atoms with Gasteiger partial charge in [0.05, 0.1) is 12.4 Å². The average molecular weight is 347 g/mol. The van der Waals surface area contributed by atoms with Crippen LogP contribution in [-0.2, 0) is 0 Å². The molecule has 0 aliphatic carbocycles. The van der Waals surface area contributed by atoms with E-state index in [-0.39, 0.29) is 0 Å². The third-order valence-corrected chi connectivity index (χ3v) is 3.17. The van der Waals surface area contributed by atoms with Crippen molar-refractivity contribution in [1.29, 1.82) is 0 Å². The summed E-state index contributed by atoms with van der Waals surface area (Å²) in [6.07, 6.45) is 3.79. The first-order valence-electron chi connectivity index (χ1n) is 6.75. The number of pyridine rings is 1. The predicted molar refractivity (Wildman–Crippen MR) is 71.6 cm³/mol. The fourth-order valence-electron chi connectivity index (χ4n) is 2.28. The van der Waals surface area contributed by atoms with E-state index >= 15 is 0 Å². The standard InChI is InChI=1S/C15H11N4.ClHO4/c1-2-6-12(7-3-1)13-9-10-16-15-18-11-5-4-8-14(18)17-19(13)15;2-1(3,4)5/h1-11H;(H,2,3,4,5)/q+1;/p-1. The predicted octanol–water partition coefficient (Wildman–Crippen LogP) is -2.62. The number of rotatable bonds is 1. The quantitative estimate of drug-likeness (QED) is 0.347. The lowest BCUT2D eigenvalue weighted by Gasteiger charge is -2.17. The number of fused-ring (bicyclic) bond motifs is 3. The molecule has 3 heterocycles. The van der Waals surface area contributed by atoms with E-state index in [9.17, 15) is 0 Å². The summed E-state index contributed by atoms with van der Waals surface area (Å²) in [6.45, 7) is 0. The summed E-state index contributed by atoms with van der Waals surface area (Å²) < 4.78 is 37.8. The molecule has 122 valence electrons. The monoisotopic (exact) mass is 346 g/mol. The lowest BCUT2D eigenvalue weighted by Crippen LogP contribution is -2.68. The van der Waals surface area contributed by atoms with Crippen LogP contribution in [0.2, 0.25) is 0 Å². The zero-order chi connectivity index (χ0) is 17.2. The zero-order valence-corrected chi connectivity index (χ0v) is 12.9. The van der Waals surface area contributed by atoms with Gasteiger partial charge in [-0.25, -0.2) is 18.6 Å². The molecule has 0 bridgehead atoms. The van der Waals surface area contributed by atoms with Crippen molar-refractivity contribution in [3.63, 3.8) is 0 Å². The van der Waals surface area contributed by atoms with Gasteiger partial charge >= 0.3 is 5.78 Å². The van der Waals surface area contributed by atoms with Gasteiger partial charge in [-0.2, -0.15) is 4.40 Å². The second-order valence-corrected chi connectivity index (χ2v) is 5.47. The molecular formula is C15H11ClN4O4. The number of benzene rings is 1. The molecule has 3 aromatic heterocycles. The van der Waals surface area contributed by atoms with Crippen molar-refractivity contribution >= 4 is 11.4 Å². The Hall–Kier alpha value is -2.62. The molecule has 0 atom stereocenters. The van der Waals surface area contributed by atoms with Crippen LogP contribution < -0.4 is 23.0 Å². The molecule has 0 aliphatic heterocycles. The first-order valence-corrected chi connectivity index (χ1v) is 7.98. The molecule has 8 nitrogen and oxygen atoms in total. The van der Waals surface area contributed by atoms with Gasteiger partial charge < -0.3 is 0 Å². The van der Waals surface area contributed by atoms with Crippen LogP contribution in [0.5, 0.6) is 0 Å². The van der Waals surface area contributed by atoms with Gasteiger partial charge in [-0.15, -0.1) is 15.2 Å². The molecule has 0 saturated carbocycles. The van der Waals surface area contributed by atoms with Crippen LogP contribution in [0, 0.1) is 10.2 Å². The summed E-state index contributed by atoms with van der Waals surface area (Å²) in [5.74, 6) is 0.817. The minimum Gasteiger partial charge on any atom is -0.222 e. The van der Waals surface area contributed by atoms with E-state index in [4.69, 9.17) is 18.6 Å². The molecule has 0 unspecified atom stereocenters. The Morgan fingerprint density at radius 2 is 1.54 bits per heavy atom. The van der Waals surface area contributed by atoms with Crippen molar-refractivity contribution < 1.29 is 33.3 Å². The Balaban J connectivity index is 0.000000300. The van der Waals surface area contributed by atoms with Crippen molar-refractivity contribution in [1.82, 2.24) is 14.6 Å². The first-order chi connectivity index (χ1) is 11.4. The van der Waals surface area contributed by atoms with E-state index in [1.807, 2.05) is 63.8 Å². The summed E-state index contributed by atoms with van der Waals surface area (Å²) in [7, 11) is -4.94. The smallest absolute Gasteiger partial charge is 0.222 e. The van der Waals surface area contributed by atoms with Crippen LogP contribution in [0.1, 0.15) is 0 Å². The van der Waals surface area contributed by atoms with Gasteiger partial charge in [0.2, 0.25) is 0 Å². The largest absolute Gasteiger partial charge is 0.392 e. The second kappa shape index (κ2) is 6.48. The van der Waals surface area contributed by atoms with E-state index in [1.54, 1.807) is 0 Å². The Kier molecular flexibility index (Phi) is 4.38. The number of aromatic nitrogens is 4. The van der Waals surface area contributed by atoms with Crippen LogP contribution >= 0.6 is 0 Å². The molecule has 0 radical (unpaired) electrons. The van der Waals surface area contributed by atoms with Crippen molar-refractivity contribution in [3.8, 4) is 11.3 Å². The maximum atomic E-state index is 8.49. The summed E-state index contributed by atoms with van der Waals surface area (Å²) in [5.41, 5.74) is 3.05. The van der Waals surface area contributed by atoms with Gasteiger partial charge in [-0.1, -0.05) is 40.9 Å². The van der Waals surface area contributed by atoms with Gasteiger partial charge in [-0.3, -0.25) is 0 Å². The second-order valence-electron chi connectivity index (χ2n) is 4.71. The van der Waals surface area contributed by atoms with Gasteiger partial charge in [-0.05, 0) is 6.07 Å². The Bertz CT molecular complexity index is 963. The molecule has 4 rings (SSSR count). The van der Waals surface area contributed by atoms with Crippen LogP contribution in [-0.4, -0.2) is 14.6 Å². The van der Waals surface area contributed by atoms with Crippen molar-refractivity contribution in [2.24, 2.45) is 0 Å². The number of hydrogen-bond acceptors (Lipinski definition) is 6. The Labute approximate surface area is 138 Å². The Morgan fingerprint density at radius 1 is 0.875 bits per heavy atom. The molecule has 0 saturated heterocycles. The summed E-state index contributed by atoms with van der Waals surface area (Å²) in [5, 5.41) is 4.61. The summed E-state index contributed by atoms with van der Waals surface area (Å²) in [4.78, 5) is 4.42. The van der Waals surface area contributed by atoms with Crippen molar-refractivity contribution in [2.75, 3.05) is 0 Å². The maximum absolute atomic E-state index is 8.49. The molecule has 0 aliphatic rings. The minimum atomic E-state index is -4.94. The molecular weight excluding hydrogens is 336 g/mol. The fourth-order valence-corrected chi connectivity index (χ4v) is 2.28. The van der Waals surface area contributed by atoms with Crippen LogP contribution in [0.3, 0.4) is 0 Å². The van der Waals surface area contributed by atoms with Crippen molar-refractivity contribution in [2.45, 2.75) is 0 Å². The molecule has 4 aromatic rings. The SMILES string of the molecule is [O-][Cl+3]([O-])([O-])[O-].c1ccc(-c2ccnc3n2nc2cccc[n+]23)cc1. The van der Waals surface area contributed by atoms with E-state index < -0.39 is 10.2 Å². The topological polar surface area (TPSA) is 127 Å². The Morgan fingerprint density at radius 3 is 2.25 bits per heavy atom.